The molecule has 1 aliphatic rings. The van der Waals surface area contributed by atoms with E-state index in [9.17, 15) is 14.7 Å². The third-order valence-corrected chi connectivity index (χ3v) is 5.74. The molecule has 0 aliphatic heterocycles. The minimum atomic E-state index is -0.703. The van der Waals surface area contributed by atoms with Crippen LogP contribution in [0.5, 0.6) is 5.75 Å². The lowest BCUT2D eigenvalue weighted by atomic mass is 10.0. The molecule has 0 radical (unpaired) electrons. The third kappa shape index (κ3) is 4.71. The van der Waals surface area contributed by atoms with Crippen molar-refractivity contribution in [1.29, 1.82) is 0 Å². The monoisotopic (exact) mass is 435 g/mol. The summed E-state index contributed by atoms with van der Waals surface area (Å²) >= 11 is 0. The number of nitrogens with one attached hydrogen (secondary N) is 2. The molecule has 1 saturated carbocycles. The number of hydrogen-bond acceptors (Lipinski definition) is 6. The summed E-state index contributed by atoms with van der Waals surface area (Å²) in [6.07, 6.45) is -0.260. The lowest BCUT2D eigenvalue weighted by Gasteiger charge is -2.19. The zero-order valence-electron chi connectivity index (χ0n) is 17.6. The summed E-state index contributed by atoms with van der Waals surface area (Å²) in [6.45, 7) is 2.31. The van der Waals surface area contributed by atoms with Gasteiger partial charge in [0.1, 0.15) is 12.4 Å². The maximum absolute atomic E-state index is 12.6. The Morgan fingerprint density at radius 3 is 2.62 bits per heavy atom. The van der Waals surface area contributed by atoms with Crippen molar-refractivity contribution in [2.75, 3.05) is 0 Å². The number of hydroxylamine groups is 1. The number of aryl methyl sites for hydroxylation is 1. The van der Waals surface area contributed by atoms with Crippen LogP contribution in [0.1, 0.15) is 34.5 Å². The van der Waals surface area contributed by atoms with Gasteiger partial charge in [-0.3, -0.25) is 19.8 Å². The average Bonchev–Trinajstić information content (AvgIpc) is 3.17. The Balaban J connectivity index is 1.40. The van der Waals surface area contributed by atoms with Gasteiger partial charge in [-0.2, -0.15) is 0 Å². The van der Waals surface area contributed by atoms with Crippen molar-refractivity contribution in [1.82, 2.24) is 15.8 Å². The second-order valence-corrected chi connectivity index (χ2v) is 8.04. The van der Waals surface area contributed by atoms with Gasteiger partial charge < -0.3 is 15.2 Å². The number of carbonyl (C=O) groups excluding carboxylic acids is 2. The van der Waals surface area contributed by atoms with E-state index in [4.69, 9.17) is 9.94 Å². The number of pyridine rings is 1. The van der Waals surface area contributed by atoms with Crippen LogP contribution in [-0.4, -0.2) is 39.3 Å². The number of aliphatic hydroxyl groups excluding tert-OH is 1. The van der Waals surface area contributed by atoms with Crippen LogP contribution in [0, 0.1) is 12.8 Å². The molecule has 3 aromatic rings. The van der Waals surface area contributed by atoms with Crippen LogP contribution < -0.4 is 15.5 Å². The van der Waals surface area contributed by atoms with Crippen molar-refractivity contribution in [2.45, 2.75) is 38.5 Å². The van der Waals surface area contributed by atoms with Crippen molar-refractivity contribution in [2.24, 2.45) is 5.92 Å². The predicted octanol–water partition coefficient (Wildman–Crippen LogP) is 2.50. The van der Waals surface area contributed by atoms with Crippen LogP contribution in [-0.2, 0) is 11.4 Å². The molecular formula is C24H25N3O5. The van der Waals surface area contributed by atoms with E-state index in [1.165, 1.54) is 0 Å². The van der Waals surface area contributed by atoms with E-state index < -0.39 is 24.0 Å². The Morgan fingerprint density at radius 1 is 1.12 bits per heavy atom. The number of benzene rings is 2. The molecule has 8 nitrogen and oxygen atoms in total. The zero-order valence-corrected chi connectivity index (χ0v) is 17.6. The number of carbonyl (C=O) groups is 2. The minimum absolute atomic E-state index is 0.188. The first-order valence-corrected chi connectivity index (χ1v) is 10.5. The number of para-hydroxylation sites is 1. The second kappa shape index (κ2) is 9.33. The van der Waals surface area contributed by atoms with Gasteiger partial charge in [0.15, 0.2) is 0 Å². The number of amides is 2. The molecule has 0 unspecified atom stereocenters. The molecule has 0 spiro atoms. The van der Waals surface area contributed by atoms with Crippen LogP contribution in [0.25, 0.3) is 10.9 Å². The highest BCUT2D eigenvalue weighted by Crippen LogP contribution is 2.27. The summed E-state index contributed by atoms with van der Waals surface area (Å²) < 4.78 is 5.93. The lowest BCUT2D eigenvalue weighted by Crippen LogP contribution is -2.43. The smallest absolute Gasteiger partial charge is 0.251 e. The maximum Gasteiger partial charge on any atom is 0.251 e. The molecule has 1 fully saturated rings. The summed E-state index contributed by atoms with van der Waals surface area (Å²) in [5.74, 6) is -1.04. The summed E-state index contributed by atoms with van der Waals surface area (Å²) in [7, 11) is 0. The topological polar surface area (TPSA) is 121 Å². The fourth-order valence-corrected chi connectivity index (χ4v) is 4.17. The molecule has 3 atom stereocenters. The number of hydrogen-bond donors (Lipinski definition) is 4. The lowest BCUT2D eigenvalue weighted by molar-refractivity contribution is -0.133. The fraction of sp³-hybridized carbons (Fsp3) is 0.292. The highest BCUT2D eigenvalue weighted by Gasteiger charge is 2.39. The van der Waals surface area contributed by atoms with Gasteiger partial charge in [-0.05, 0) is 56.2 Å². The highest BCUT2D eigenvalue weighted by atomic mass is 16.5. The van der Waals surface area contributed by atoms with E-state index >= 15 is 0 Å². The van der Waals surface area contributed by atoms with Gasteiger partial charge >= 0.3 is 0 Å². The van der Waals surface area contributed by atoms with E-state index in [1.54, 1.807) is 29.7 Å². The Morgan fingerprint density at radius 2 is 1.88 bits per heavy atom. The van der Waals surface area contributed by atoms with Gasteiger partial charge in [-0.15, -0.1) is 0 Å². The Labute approximate surface area is 185 Å². The molecule has 8 heteroatoms. The Kier molecular flexibility index (Phi) is 6.34. The Bertz CT molecular complexity index is 1130. The molecule has 32 heavy (non-hydrogen) atoms. The SMILES string of the molecule is Cc1cc(COc2ccc(C(=O)N[C@@H]3C[C@H](O)C[C@H]3C(=O)NO)cc2)c2ccccc2n1. The first-order valence-electron chi connectivity index (χ1n) is 10.5. The van der Waals surface area contributed by atoms with Gasteiger partial charge in [0, 0.05) is 28.2 Å². The summed E-state index contributed by atoms with van der Waals surface area (Å²) in [5, 5.41) is 22.5. The van der Waals surface area contributed by atoms with Gasteiger partial charge in [-0.25, -0.2) is 5.48 Å². The average molecular weight is 435 g/mol. The number of rotatable bonds is 6. The molecule has 1 heterocycles. The first-order chi connectivity index (χ1) is 15.4. The molecule has 166 valence electrons. The molecule has 4 rings (SSSR count). The van der Waals surface area contributed by atoms with Crippen LogP contribution >= 0.6 is 0 Å². The number of aliphatic hydroxyl groups is 1. The number of fused-ring (bicyclic) bond motifs is 1. The third-order valence-electron chi connectivity index (χ3n) is 5.74. The molecule has 0 saturated heterocycles. The largest absolute Gasteiger partial charge is 0.489 e. The normalized spacial score (nSPS) is 20.2. The number of ether oxygens (including phenoxy) is 1. The molecular weight excluding hydrogens is 410 g/mol. The summed E-state index contributed by atoms with van der Waals surface area (Å²) in [4.78, 5) is 28.9. The Hall–Kier alpha value is -3.49. The van der Waals surface area contributed by atoms with E-state index in [1.807, 2.05) is 37.3 Å². The van der Waals surface area contributed by atoms with Crippen molar-refractivity contribution in [3.8, 4) is 5.75 Å². The quantitative estimate of drug-likeness (QED) is 0.349. The number of aromatic nitrogens is 1. The van der Waals surface area contributed by atoms with E-state index in [2.05, 4.69) is 10.3 Å². The molecule has 4 N–H and O–H groups in total. The highest BCUT2D eigenvalue weighted by molar-refractivity contribution is 5.95. The first kappa shape index (κ1) is 21.7. The fourth-order valence-electron chi connectivity index (χ4n) is 4.17. The van der Waals surface area contributed by atoms with Crippen LogP contribution in [0.3, 0.4) is 0 Å². The molecule has 1 aliphatic carbocycles. The van der Waals surface area contributed by atoms with Crippen LogP contribution in [0.15, 0.2) is 54.6 Å². The number of nitrogens with zero attached hydrogens (tertiary/aromatic N) is 1. The molecule has 0 bridgehead atoms. The van der Waals surface area contributed by atoms with E-state index in [0.717, 1.165) is 22.2 Å². The van der Waals surface area contributed by atoms with Gasteiger partial charge in [0.25, 0.3) is 5.91 Å². The molecule has 2 amide bonds. The van der Waals surface area contributed by atoms with Crippen LogP contribution in [0.4, 0.5) is 0 Å². The van der Waals surface area contributed by atoms with E-state index in [-0.39, 0.29) is 18.7 Å². The van der Waals surface area contributed by atoms with Gasteiger partial charge in [0.05, 0.1) is 17.5 Å². The van der Waals surface area contributed by atoms with E-state index in [0.29, 0.717) is 17.9 Å². The predicted molar refractivity (Wildman–Crippen MR) is 117 cm³/mol. The molecule has 1 aromatic heterocycles. The summed E-state index contributed by atoms with van der Waals surface area (Å²) in [5.41, 5.74) is 4.87. The zero-order chi connectivity index (χ0) is 22.7. The van der Waals surface area contributed by atoms with Gasteiger partial charge in [-0.1, -0.05) is 18.2 Å². The van der Waals surface area contributed by atoms with Crippen molar-refractivity contribution in [3.05, 3.63) is 71.4 Å². The van der Waals surface area contributed by atoms with Crippen LogP contribution in [0.2, 0.25) is 0 Å². The summed E-state index contributed by atoms with van der Waals surface area (Å²) in [6, 6.07) is 16.1. The maximum atomic E-state index is 12.6. The molecule has 2 aromatic carbocycles. The minimum Gasteiger partial charge on any atom is -0.489 e. The van der Waals surface area contributed by atoms with Crippen molar-refractivity contribution in [3.63, 3.8) is 0 Å². The standard InChI is InChI=1S/C24H25N3O5/c1-14-10-16(19-4-2-3-5-21(19)25-14)13-32-18-8-6-15(7-9-18)23(29)26-22-12-17(28)11-20(22)24(30)27-31/h2-10,17,20,22,28,31H,11-13H2,1H3,(H,26,29)(H,27,30)/t17-,20-,22-/m1/s1. The van der Waals surface area contributed by atoms with Gasteiger partial charge in [0.2, 0.25) is 5.91 Å². The van der Waals surface area contributed by atoms with Crippen molar-refractivity contribution < 1.29 is 24.6 Å². The second-order valence-electron chi connectivity index (χ2n) is 8.04. The van der Waals surface area contributed by atoms with Crippen molar-refractivity contribution >= 4 is 22.7 Å².